The summed E-state index contributed by atoms with van der Waals surface area (Å²) >= 11 is 0. The van der Waals surface area contributed by atoms with Crippen LogP contribution in [0.3, 0.4) is 0 Å². The Morgan fingerprint density at radius 3 is 1.77 bits per heavy atom. The number of aliphatic carboxylic acids is 1. The zero-order valence-electron chi connectivity index (χ0n) is 22.4. The lowest BCUT2D eigenvalue weighted by Gasteiger charge is -2.19. The van der Waals surface area contributed by atoms with Crippen LogP contribution in [0.1, 0.15) is 54.2 Å². The molecule has 0 saturated carbocycles. The molecule has 1 heterocycles. The maximum Gasteiger partial charge on any atom is 0.416 e. The highest BCUT2D eigenvalue weighted by atomic mass is 19.4. The van der Waals surface area contributed by atoms with E-state index in [1.54, 1.807) is 36.7 Å². The van der Waals surface area contributed by atoms with Gasteiger partial charge in [-0.1, -0.05) is 81.4 Å². The van der Waals surface area contributed by atoms with Gasteiger partial charge in [0, 0.05) is 35.5 Å². The van der Waals surface area contributed by atoms with Crippen molar-refractivity contribution in [1.29, 1.82) is 0 Å². The molecule has 0 spiro atoms. The number of hydrogen-bond acceptors (Lipinski definition) is 4. The van der Waals surface area contributed by atoms with Crippen molar-refractivity contribution >= 4 is 11.8 Å². The van der Waals surface area contributed by atoms with Crippen LogP contribution >= 0.6 is 0 Å². The van der Waals surface area contributed by atoms with Gasteiger partial charge in [-0.3, -0.25) is 9.59 Å². The minimum Gasteiger partial charge on any atom is -0.481 e. The molecule has 3 aromatic carbocycles. The number of alkyl halides is 3. The minimum atomic E-state index is -4.51. The van der Waals surface area contributed by atoms with Crippen molar-refractivity contribution in [2.75, 3.05) is 0 Å². The Labute approximate surface area is 230 Å². The quantitative estimate of drug-likeness (QED) is 0.230. The van der Waals surface area contributed by atoms with E-state index in [-0.39, 0.29) is 23.8 Å². The second-order valence-electron chi connectivity index (χ2n) is 10.8. The summed E-state index contributed by atoms with van der Waals surface area (Å²) in [5.41, 5.74) is 3.84. The van der Waals surface area contributed by atoms with E-state index in [0.29, 0.717) is 11.4 Å². The number of carboxylic acids is 1. The summed E-state index contributed by atoms with van der Waals surface area (Å²) in [4.78, 5) is 33.4. The zero-order valence-corrected chi connectivity index (χ0v) is 22.4. The van der Waals surface area contributed by atoms with E-state index in [2.05, 4.69) is 55.0 Å². The number of aromatic nitrogens is 2. The molecular formula is C32H29F3N2O3. The lowest BCUT2D eigenvalue weighted by molar-refractivity contribution is -0.141. The second-order valence-corrected chi connectivity index (χ2v) is 10.8. The van der Waals surface area contributed by atoms with Gasteiger partial charge >= 0.3 is 12.1 Å². The number of halogens is 3. The van der Waals surface area contributed by atoms with Gasteiger partial charge in [0.15, 0.2) is 11.6 Å². The lowest BCUT2D eigenvalue weighted by Crippen LogP contribution is -2.20. The number of carboxylic acid groups (broad SMARTS) is 1. The number of ketones is 1. The van der Waals surface area contributed by atoms with E-state index in [1.165, 1.54) is 5.56 Å². The van der Waals surface area contributed by atoms with Crippen molar-refractivity contribution in [2.24, 2.45) is 5.92 Å². The summed E-state index contributed by atoms with van der Waals surface area (Å²) in [5, 5.41) is 9.67. The predicted molar refractivity (Wildman–Crippen MR) is 147 cm³/mol. The molecule has 0 aliphatic carbocycles. The van der Waals surface area contributed by atoms with Crippen molar-refractivity contribution in [1.82, 2.24) is 9.97 Å². The predicted octanol–water partition coefficient (Wildman–Crippen LogP) is 7.64. The zero-order chi connectivity index (χ0) is 29.1. The molecule has 0 bridgehead atoms. The highest BCUT2D eigenvalue weighted by Crippen LogP contribution is 2.30. The maximum absolute atomic E-state index is 12.8. The van der Waals surface area contributed by atoms with Gasteiger partial charge in [0.2, 0.25) is 0 Å². The highest BCUT2D eigenvalue weighted by molar-refractivity contribution is 5.98. The van der Waals surface area contributed by atoms with Crippen molar-refractivity contribution in [2.45, 2.75) is 45.2 Å². The van der Waals surface area contributed by atoms with Crippen LogP contribution in [0.15, 0.2) is 85.2 Å². The summed E-state index contributed by atoms with van der Waals surface area (Å²) in [7, 11) is 0. The molecule has 8 heteroatoms. The van der Waals surface area contributed by atoms with Gasteiger partial charge < -0.3 is 5.11 Å². The number of benzene rings is 3. The number of nitrogens with zero attached hydrogens (tertiary/aromatic N) is 2. The van der Waals surface area contributed by atoms with Crippen LogP contribution < -0.4 is 0 Å². The summed E-state index contributed by atoms with van der Waals surface area (Å²) in [6, 6.07) is 19.2. The van der Waals surface area contributed by atoms with E-state index in [9.17, 15) is 27.9 Å². The van der Waals surface area contributed by atoms with Crippen molar-refractivity contribution in [3.8, 4) is 22.5 Å². The summed E-state index contributed by atoms with van der Waals surface area (Å²) in [6.45, 7) is 6.49. The average molecular weight is 547 g/mol. The van der Waals surface area contributed by atoms with Crippen LogP contribution in [-0.2, 0) is 22.8 Å². The number of hydrogen-bond donors (Lipinski definition) is 1. The Kier molecular flexibility index (Phi) is 8.18. The molecule has 0 amide bonds. The average Bonchev–Trinajstić information content (AvgIpc) is 2.92. The first-order chi connectivity index (χ1) is 18.8. The number of rotatable bonds is 8. The van der Waals surface area contributed by atoms with Crippen LogP contribution in [0.25, 0.3) is 22.5 Å². The highest BCUT2D eigenvalue weighted by Gasteiger charge is 2.30. The molecule has 1 N–H and O–H groups in total. The van der Waals surface area contributed by atoms with Crippen molar-refractivity contribution in [3.63, 3.8) is 0 Å². The molecule has 5 nitrogen and oxygen atoms in total. The molecule has 0 aliphatic rings. The number of carbonyl (C=O) groups is 2. The Bertz CT molecular complexity index is 1470. The Hall–Kier alpha value is -4.33. The van der Waals surface area contributed by atoms with Gasteiger partial charge in [-0.25, -0.2) is 9.97 Å². The third kappa shape index (κ3) is 7.00. The molecule has 40 heavy (non-hydrogen) atoms. The fourth-order valence-corrected chi connectivity index (χ4v) is 4.30. The largest absolute Gasteiger partial charge is 0.481 e. The molecule has 0 saturated heterocycles. The van der Waals surface area contributed by atoms with Crippen LogP contribution in [0, 0.1) is 5.92 Å². The van der Waals surface area contributed by atoms with E-state index >= 15 is 0 Å². The summed E-state index contributed by atoms with van der Waals surface area (Å²) < 4.78 is 38.3. The lowest BCUT2D eigenvalue weighted by atomic mass is 9.86. The molecule has 206 valence electrons. The van der Waals surface area contributed by atoms with Gasteiger partial charge in [-0.2, -0.15) is 13.2 Å². The summed E-state index contributed by atoms with van der Waals surface area (Å²) in [5.74, 6) is -2.19. The molecular weight excluding hydrogens is 517 g/mol. The fraction of sp³-hybridized carbons (Fsp3) is 0.250. The third-order valence-corrected chi connectivity index (χ3v) is 6.75. The monoisotopic (exact) mass is 546 g/mol. The van der Waals surface area contributed by atoms with Crippen LogP contribution in [0.5, 0.6) is 0 Å². The van der Waals surface area contributed by atoms with E-state index in [1.807, 2.05) is 0 Å². The van der Waals surface area contributed by atoms with Gasteiger partial charge in [0.25, 0.3) is 0 Å². The molecule has 4 rings (SSSR count). The Balaban J connectivity index is 1.41. The van der Waals surface area contributed by atoms with E-state index in [4.69, 9.17) is 0 Å². The maximum atomic E-state index is 12.8. The molecule has 1 aromatic heterocycles. The SMILES string of the molecule is CC(C)(C)c1ccc(-c2cnc(-c3ccc(C[C@H](CC(=O)c4ccc(C(F)(F)F)cc4)C(=O)O)cc3)nc2)cc1. The molecule has 0 unspecified atom stereocenters. The molecule has 1 atom stereocenters. The normalized spacial score (nSPS) is 12.7. The molecule has 0 radical (unpaired) electrons. The van der Waals surface area contributed by atoms with Crippen LogP contribution in [0.2, 0.25) is 0 Å². The smallest absolute Gasteiger partial charge is 0.416 e. The van der Waals surface area contributed by atoms with Crippen molar-refractivity contribution < 1.29 is 27.9 Å². The van der Waals surface area contributed by atoms with Gasteiger partial charge in [-0.05, 0) is 40.7 Å². The van der Waals surface area contributed by atoms with Crippen molar-refractivity contribution in [3.05, 3.63) is 107 Å². The van der Waals surface area contributed by atoms with E-state index < -0.39 is 29.4 Å². The minimum absolute atomic E-state index is 0.0420. The van der Waals surface area contributed by atoms with Gasteiger partial charge in [0.1, 0.15) is 0 Å². The first-order valence-corrected chi connectivity index (χ1v) is 12.8. The number of carbonyl (C=O) groups excluding carboxylic acids is 1. The Morgan fingerprint density at radius 2 is 1.27 bits per heavy atom. The van der Waals surface area contributed by atoms with Gasteiger partial charge in [-0.15, -0.1) is 0 Å². The molecule has 4 aromatic rings. The third-order valence-electron chi connectivity index (χ3n) is 6.75. The summed E-state index contributed by atoms with van der Waals surface area (Å²) in [6.07, 6.45) is -1.23. The second kappa shape index (κ2) is 11.4. The topological polar surface area (TPSA) is 80.2 Å². The van der Waals surface area contributed by atoms with E-state index in [0.717, 1.165) is 41.0 Å². The first kappa shape index (κ1) is 28.7. The van der Waals surface area contributed by atoms with Gasteiger partial charge in [0.05, 0.1) is 11.5 Å². The number of Topliss-reactive ketones (excluding diaryl/α,β-unsaturated/α-hetero) is 1. The standard InChI is InChI=1S/C32H29F3N2O3/c1-31(2,3)26-12-8-21(9-13-26)25-18-36-29(37-19-25)23-6-4-20(5-7-23)16-24(30(39)40)17-28(38)22-10-14-27(15-11-22)32(33,34)35/h4-15,18-19,24H,16-17H2,1-3H3,(H,39,40)/t24-/m1/s1. The molecule has 0 fully saturated rings. The van der Waals surface area contributed by atoms with Crippen LogP contribution in [0.4, 0.5) is 13.2 Å². The van der Waals surface area contributed by atoms with Crippen LogP contribution in [-0.4, -0.2) is 26.8 Å². The molecule has 0 aliphatic heterocycles. The first-order valence-electron chi connectivity index (χ1n) is 12.8. The fourth-order valence-electron chi connectivity index (χ4n) is 4.30. The Morgan fingerprint density at radius 1 is 0.750 bits per heavy atom.